The maximum atomic E-state index is 13.8. The molecule has 2 fully saturated rings. The molecule has 2 aromatic carbocycles. The first-order chi connectivity index (χ1) is 22.2. The van der Waals surface area contributed by atoms with Crippen LogP contribution in [0.1, 0.15) is 82.4 Å². The first-order valence-electron chi connectivity index (χ1n) is 16.8. The SMILES string of the molecule is CCN(C(=O)OC)C1CC2(CC(C3c4cccc(c4)S(=O)(=O)Nc4nc(cc(-c5c(C)cccc5C)n4)OC[C@H]3CC(C)(C)C)C2)C1. The summed E-state index contributed by atoms with van der Waals surface area (Å²) in [5.74, 6) is 0.911. The molecule has 3 aromatic rings. The van der Waals surface area contributed by atoms with Crippen LogP contribution in [0.3, 0.4) is 0 Å². The molecule has 1 aliphatic heterocycles. The molecule has 1 N–H and O–H groups in total. The van der Waals surface area contributed by atoms with E-state index in [0.29, 0.717) is 30.6 Å². The maximum Gasteiger partial charge on any atom is 0.409 e. The summed E-state index contributed by atoms with van der Waals surface area (Å²) in [7, 11) is -2.54. The van der Waals surface area contributed by atoms with Crippen LogP contribution in [0.5, 0.6) is 5.88 Å². The van der Waals surface area contributed by atoms with Crippen molar-refractivity contribution in [2.24, 2.45) is 22.7 Å². The van der Waals surface area contributed by atoms with Crippen LogP contribution in [0.15, 0.2) is 53.4 Å². The molecule has 1 aromatic heterocycles. The number of carbonyl (C=O) groups excluding carboxylic acids is 1. The molecule has 2 aliphatic carbocycles. The summed E-state index contributed by atoms with van der Waals surface area (Å²) in [6.45, 7) is 13.9. The lowest BCUT2D eigenvalue weighted by atomic mass is 9.46. The van der Waals surface area contributed by atoms with Gasteiger partial charge in [-0.25, -0.2) is 22.9 Å². The molecule has 3 aliphatic rings. The van der Waals surface area contributed by atoms with Gasteiger partial charge < -0.3 is 14.4 Å². The van der Waals surface area contributed by atoms with Gasteiger partial charge in [0.05, 0.1) is 24.3 Å². The van der Waals surface area contributed by atoms with Gasteiger partial charge in [0, 0.05) is 30.1 Å². The quantitative estimate of drug-likeness (QED) is 0.298. The Labute approximate surface area is 279 Å². The largest absolute Gasteiger partial charge is 0.477 e. The smallest absolute Gasteiger partial charge is 0.409 e. The van der Waals surface area contributed by atoms with E-state index in [1.807, 2.05) is 62.1 Å². The highest BCUT2D eigenvalue weighted by Gasteiger charge is 2.57. The topological polar surface area (TPSA) is 111 Å². The number of amides is 1. The fourth-order valence-electron chi connectivity index (χ4n) is 8.61. The summed E-state index contributed by atoms with van der Waals surface area (Å²) in [4.78, 5) is 23.6. The summed E-state index contributed by atoms with van der Waals surface area (Å²) >= 11 is 0. The molecule has 252 valence electrons. The molecule has 9 nitrogen and oxygen atoms in total. The van der Waals surface area contributed by atoms with E-state index in [4.69, 9.17) is 9.47 Å². The minimum atomic E-state index is -3.98. The van der Waals surface area contributed by atoms with Gasteiger partial charge in [-0.05, 0) is 104 Å². The summed E-state index contributed by atoms with van der Waals surface area (Å²) < 4.78 is 41.9. The van der Waals surface area contributed by atoms with E-state index >= 15 is 0 Å². The number of hydrogen-bond donors (Lipinski definition) is 1. The van der Waals surface area contributed by atoms with Crippen LogP contribution in [0.2, 0.25) is 0 Å². The second-order valence-electron chi connectivity index (χ2n) is 15.2. The first kappa shape index (κ1) is 33.2. The first-order valence-corrected chi connectivity index (χ1v) is 18.2. The molecule has 2 saturated carbocycles. The van der Waals surface area contributed by atoms with Gasteiger partial charge in [0.25, 0.3) is 10.0 Å². The van der Waals surface area contributed by atoms with Crippen molar-refractivity contribution in [3.05, 3.63) is 65.2 Å². The molecule has 4 bridgehead atoms. The Morgan fingerprint density at radius 1 is 1.04 bits per heavy atom. The highest BCUT2D eigenvalue weighted by Crippen LogP contribution is 2.64. The number of ether oxygens (including phenoxy) is 2. The monoisotopic (exact) mass is 660 g/mol. The maximum absolute atomic E-state index is 13.8. The Hall–Kier alpha value is -3.66. The van der Waals surface area contributed by atoms with Crippen LogP contribution in [-0.4, -0.2) is 55.7 Å². The number of hydrogen-bond acceptors (Lipinski definition) is 7. The Morgan fingerprint density at radius 3 is 2.36 bits per heavy atom. The fourth-order valence-corrected chi connectivity index (χ4v) is 9.61. The van der Waals surface area contributed by atoms with Crippen molar-refractivity contribution in [1.82, 2.24) is 14.9 Å². The van der Waals surface area contributed by atoms with E-state index in [0.717, 1.165) is 54.4 Å². The van der Waals surface area contributed by atoms with Crippen LogP contribution >= 0.6 is 0 Å². The minimum absolute atomic E-state index is 0.0106. The molecular formula is C37H48N4O5S. The van der Waals surface area contributed by atoms with E-state index in [1.165, 1.54) is 7.11 Å². The van der Waals surface area contributed by atoms with E-state index < -0.39 is 10.0 Å². The van der Waals surface area contributed by atoms with Crippen molar-refractivity contribution in [1.29, 1.82) is 0 Å². The third-order valence-electron chi connectivity index (χ3n) is 10.5. The fraction of sp³-hybridized carbons (Fsp3) is 0.541. The van der Waals surface area contributed by atoms with E-state index in [-0.39, 0.29) is 45.6 Å². The van der Waals surface area contributed by atoms with Crippen LogP contribution in [0, 0.1) is 36.5 Å². The zero-order valence-corrected chi connectivity index (χ0v) is 29.5. The van der Waals surface area contributed by atoms with E-state index in [9.17, 15) is 13.2 Å². The zero-order chi connectivity index (χ0) is 33.7. The van der Waals surface area contributed by atoms with Crippen LogP contribution < -0.4 is 9.46 Å². The van der Waals surface area contributed by atoms with Crippen LogP contribution in [0.25, 0.3) is 11.3 Å². The third kappa shape index (κ3) is 6.71. The number of aryl methyl sites for hydroxylation is 2. The highest BCUT2D eigenvalue weighted by atomic mass is 32.2. The number of sulfonamides is 1. The highest BCUT2D eigenvalue weighted by molar-refractivity contribution is 7.92. The normalized spacial score (nSPS) is 26.4. The second-order valence-corrected chi connectivity index (χ2v) is 16.9. The molecular weight excluding hydrogens is 612 g/mol. The van der Waals surface area contributed by atoms with Gasteiger partial charge in [-0.15, -0.1) is 0 Å². The summed E-state index contributed by atoms with van der Waals surface area (Å²) in [6.07, 6.45) is 4.66. The van der Waals surface area contributed by atoms with Crippen molar-refractivity contribution < 1.29 is 22.7 Å². The number of aromatic nitrogens is 2. The number of methoxy groups -OCH3 is 1. The molecule has 1 amide bonds. The number of nitrogens with zero attached hydrogens (tertiary/aromatic N) is 3. The van der Waals surface area contributed by atoms with Crippen molar-refractivity contribution in [3.63, 3.8) is 0 Å². The Morgan fingerprint density at radius 2 is 1.72 bits per heavy atom. The minimum Gasteiger partial charge on any atom is -0.477 e. The van der Waals surface area contributed by atoms with Crippen molar-refractivity contribution in [2.75, 3.05) is 25.0 Å². The standard InChI is InChI=1S/C37H48N4O5S/c1-8-41(35(42)45-7)28-20-37(21-28)18-26(19-37)33-25-13-10-14-29(15-25)47(43,44)40-34-38-30(32-23(2)11-9-12-24(32)3)16-31(39-34)46-22-27(33)17-36(4,5)6/h9-16,26-28,33H,8,17-22H2,1-7H3,(H,38,39,40)/t26?,27-,28?,33?,37?/m1/s1. The second kappa shape index (κ2) is 12.4. The molecule has 0 radical (unpaired) electrons. The van der Waals surface area contributed by atoms with Gasteiger partial charge in [0.2, 0.25) is 11.8 Å². The number of rotatable bonds is 5. The number of anilines is 1. The Balaban J connectivity index is 1.37. The van der Waals surface area contributed by atoms with Crippen molar-refractivity contribution >= 4 is 22.1 Å². The molecule has 1 spiro atoms. The third-order valence-corrected chi connectivity index (χ3v) is 11.8. The molecule has 0 saturated heterocycles. The lowest BCUT2D eigenvalue weighted by Crippen LogP contribution is -2.58. The average Bonchev–Trinajstić information content (AvgIpc) is 2.96. The van der Waals surface area contributed by atoms with Gasteiger partial charge in [0.1, 0.15) is 0 Å². The van der Waals surface area contributed by atoms with Crippen LogP contribution in [0.4, 0.5) is 10.7 Å². The Kier molecular flexibility index (Phi) is 8.78. The predicted octanol–water partition coefficient (Wildman–Crippen LogP) is 7.74. The van der Waals surface area contributed by atoms with Crippen LogP contribution in [-0.2, 0) is 14.8 Å². The van der Waals surface area contributed by atoms with Gasteiger partial charge >= 0.3 is 6.09 Å². The number of benzene rings is 2. The van der Waals surface area contributed by atoms with Gasteiger partial charge in [0.15, 0.2) is 0 Å². The molecule has 47 heavy (non-hydrogen) atoms. The molecule has 6 rings (SSSR count). The average molecular weight is 661 g/mol. The predicted molar refractivity (Wildman–Crippen MR) is 183 cm³/mol. The molecule has 2 atom stereocenters. The van der Waals surface area contributed by atoms with Crippen molar-refractivity contribution in [3.8, 4) is 17.1 Å². The van der Waals surface area contributed by atoms with Gasteiger partial charge in [-0.3, -0.25) is 0 Å². The lowest BCUT2D eigenvalue weighted by Gasteiger charge is -2.61. The summed E-state index contributed by atoms with van der Waals surface area (Å²) in [6, 6.07) is 15.5. The molecule has 2 heterocycles. The van der Waals surface area contributed by atoms with Crippen molar-refractivity contribution in [2.45, 2.75) is 90.5 Å². The Bertz CT molecular complexity index is 1730. The zero-order valence-electron chi connectivity index (χ0n) is 28.7. The van der Waals surface area contributed by atoms with E-state index in [2.05, 4.69) is 41.5 Å². The number of fused-ring (bicyclic) bond motifs is 4. The lowest BCUT2D eigenvalue weighted by molar-refractivity contribution is -0.0963. The molecule has 10 heteroatoms. The molecule has 1 unspecified atom stereocenters. The van der Waals surface area contributed by atoms with E-state index in [1.54, 1.807) is 6.07 Å². The number of nitrogens with one attached hydrogen (secondary N) is 1. The van der Waals surface area contributed by atoms with Gasteiger partial charge in [-0.1, -0.05) is 51.1 Å². The van der Waals surface area contributed by atoms with Gasteiger partial charge in [-0.2, -0.15) is 4.98 Å². The number of carbonyl (C=O) groups is 1. The summed E-state index contributed by atoms with van der Waals surface area (Å²) in [5, 5.41) is 0. The summed E-state index contributed by atoms with van der Waals surface area (Å²) in [5.41, 5.74) is 4.87.